The Hall–Kier alpha value is -1.42. The molecule has 1 aromatic rings. The van der Waals surface area contributed by atoms with Crippen molar-refractivity contribution >= 4 is 5.91 Å². The van der Waals surface area contributed by atoms with Crippen molar-refractivity contribution in [2.24, 2.45) is 0 Å². The summed E-state index contributed by atoms with van der Waals surface area (Å²) in [5.41, 5.74) is 0.842. The summed E-state index contributed by atoms with van der Waals surface area (Å²) in [4.78, 5) is 18.0. The lowest BCUT2D eigenvalue weighted by Gasteiger charge is -2.31. The number of amides is 1. The van der Waals surface area contributed by atoms with Gasteiger partial charge in [-0.3, -0.25) is 9.78 Å². The van der Waals surface area contributed by atoms with E-state index in [1.54, 1.807) is 17.3 Å². The number of likely N-dealkylation sites (tertiary alicyclic amines) is 1. The number of aromatic nitrogens is 1. The smallest absolute Gasteiger partial charge is 0.223 e. The second kappa shape index (κ2) is 5.06. The van der Waals surface area contributed by atoms with Crippen LogP contribution in [-0.2, 0) is 11.2 Å². The molecular weight excluding hydrogens is 228 g/mol. The van der Waals surface area contributed by atoms with Crippen molar-refractivity contribution < 1.29 is 9.90 Å². The molecule has 0 bridgehead atoms. The van der Waals surface area contributed by atoms with E-state index in [0.29, 0.717) is 25.8 Å². The van der Waals surface area contributed by atoms with Gasteiger partial charge in [0.15, 0.2) is 0 Å². The zero-order valence-electron chi connectivity index (χ0n) is 11.0. The molecule has 1 fully saturated rings. The van der Waals surface area contributed by atoms with Crippen LogP contribution in [-0.4, -0.2) is 39.1 Å². The minimum Gasteiger partial charge on any atom is -0.391 e. The van der Waals surface area contributed by atoms with Crippen LogP contribution in [0, 0.1) is 0 Å². The number of hydrogen-bond donors (Lipinski definition) is 1. The van der Waals surface area contributed by atoms with Crippen LogP contribution in [0.15, 0.2) is 24.5 Å². The molecule has 0 aliphatic carbocycles. The maximum absolute atomic E-state index is 12.2. The highest BCUT2D eigenvalue weighted by Crippen LogP contribution is 2.29. The molecule has 4 heteroatoms. The van der Waals surface area contributed by atoms with Crippen molar-refractivity contribution in [1.29, 1.82) is 0 Å². The number of rotatable bonds is 3. The fourth-order valence-corrected chi connectivity index (χ4v) is 2.58. The summed E-state index contributed by atoms with van der Waals surface area (Å²) >= 11 is 0. The van der Waals surface area contributed by atoms with Crippen molar-refractivity contribution in [3.8, 4) is 0 Å². The average Bonchev–Trinajstić information content (AvgIpc) is 2.61. The first-order valence-electron chi connectivity index (χ1n) is 6.36. The lowest BCUT2D eigenvalue weighted by atomic mass is 10.0. The summed E-state index contributed by atoms with van der Waals surface area (Å²) in [5, 5.41) is 9.67. The number of carbonyl (C=O) groups is 1. The molecule has 18 heavy (non-hydrogen) atoms. The Kier molecular flexibility index (Phi) is 3.66. The SMILES string of the molecule is CC1(C)CC(O)CN1C(=O)CCc1cccnc1. The molecule has 1 N–H and O–H groups in total. The third kappa shape index (κ3) is 2.88. The molecule has 1 aromatic heterocycles. The second-order valence-electron chi connectivity index (χ2n) is 5.54. The van der Waals surface area contributed by atoms with Crippen molar-refractivity contribution in [1.82, 2.24) is 9.88 Å². The number of β-amino-alcohol motifs (C(OH)–C–C–N with tert-alkyl or cyclic N) is 1. The van der Waals surface area contributed by atoms with Crippen LogP contribution in [0.2, 0.25) is 0 Å². The Morgan fingerprint density at radius 2 is 2.39 bits per heavy atom. The van der Waals surface area contributed by atoms with Crippen LogP contribution in [0.3, 0.4) is 0 Å². The molecule has 1 atom stereocenters. The monoisotopic (exact) mass is 248 g/mol. The van der Waals surface area contributed by atoms with E-state index in [-0.39, 0.29) is 17.6 Å². The summed E-state index contributed by atoms with van der Waals surface area (Å²) in [7, 11) is 0. The lowest BCUT2D eigenvalue weighted by Crippen LogP contribution is -2.42. The van der Waals surface area contributed by atoms with Gasteiger partial charge in [0.25, 0.3) is 0 Å². The topological polar surface area (TPSA) is 53.4 Å². The highest BCUT2D eigenvalue weighted by Gasteiger charge is 2.39. The van der Waals surface area contributed by atoms with E-state index < -0.39 is 0 Å². The van der Waals surface area contributed by atoms with Gasteiger partial charge in [-0.2, -0.15) is 0 Å². The molecule has 1 aliphatic heterocycles. The number of aliphatic hydroxyl groups excluding tert-OH is 1. The van der Waals surface area contributed by atoms with Gasteiger partial charge in [0, 0.05) is 30.9 Å². The van der Waals surface area contributed by atoms with Gasteiger partial charge >= 0.3 is 0 Å². The number of nitrogens with zero attached hydrogens (tertiary/aromatic N) is 2. The first kappa shape index (κ1) is 13.0. The lowest BCUT2D eigenvalue weighted by molar-refractivity contribution is -0.134. The molecule has 0 aromatic carbocycles. The summed E-state index contributed by atoms with van der Waals surface area (Å²) in [6.07, 6.45) is 4.97. The first-order valence-corrected chi connectivity index (χ1v) is 6.36. The Morgan fingerprint density at radius 1 is 1.61 bits per heavy atom. The first-order chi connectivity index (χ1) is 8.49. The molecule has 1 unspecified atom stereocenters. The van der Waals surface area contributed by atoms with E-state index in [9.17, 15) is 9.90 Å². The van der Waals surface area contributed by atoms with Crippen LogP contribution < -0.4 is 0 Å². The van der Waals surface area contributed by atoms with Crippen LogP contribution in [0.4, 0.5) is 0 Å². The Bertz CT molecular complexity index is 417. The number of hydrogen-bond acceptors (Lipinski definition) is 3. The van der Waals surface area contributed by atoms with Crippen molar-refractivity contribution in [3.05, 3.63) is 30.1 Å². The standard InChI is InChI=1S/C14H20N2O2/c1-14(2)8-12(17)10-16(14)13(18)6-5-11-4-3-7-15-9-11/h3-4,7,9,12,17H,5-6,8,10H2,1-2H3. The molecule has 1 amide bonds. The highest BCUT2D eigenvalue weighted by molar-refractivity contribution is 5.77. The largest absolute Gasteiger partial charge is 0.391 e. The van der Waals surface area contributed by atoms with Crippen LogP contribution in [0.1, 0.15) is 32.3 Å². The fraction of sp³-hybridized carbons (Fsp3) is 0.571. The number of aryl methyl sites for hydroxylation is 1. The fourth-order valence-electron chi connectivity index (χ4n) is 2.58. The van der Waals surface area contributed by atoms with Gasteiger partial charge in [0.2, 0.25) is 5.91 Å². The van der Waals surface area contributed by atoms with Crippen molar-refractivity contribution in [3.63, 3.8) is 0 Å². The van der Waals surface area contributed by atoms with Gasteiger partial charge in [-0.15, -0.1) is 0 Å². The van der Waals surface area contributed by atoms with E-state index >= 15 is 0 Å². The van der Waals surface area contributed by atoms with E-state index in [2.05, 4.69) is 4.98 Å². The number of aliphatic hydroxyl groups is 1. The number of carbonyl (C=O) groups excluding carboxylic acids is 1. The Morgan fingerprint density at radius 3 is 2.94 bits per heavy atom. The molecule has 1 saturated heterocycles. The zero-order chi connectivity index (χ0) is 13.2. The minimum absolute atomic E-state index is 0.111. The van der Waals surface area contributed by atoms with Gasteiger partial charge in [-0.05, 0) is 38.3 Å². The summed E-state index contributed by atoms with van der Waals surface area (Å²) in [6, 6.07) is 3.85. The molecule has 1 aliphatic rings. The van der Waals surface area contributed by atoms with Gasteiger partial charge in [-0.25, -0.2) is 0 Å². The van der Waals surface area contributed by atoms with E-state index in [0.717, 1.165) is 5.56 Å². The average molecular weight is 248 g/mol. The summed E-state index contributed by atoms with van der Waals surface area (Å²) in [6.45, 7) is 4.47. The van der Waals surface area contributed by atoms with Gasteiger partial charge in [-0.1, -0.05) is 6.07 Å². The quantitative estimate of drug-likeness (QED) is 0.879. The molecule has 4 nitrogen and oxygen atoms in total. The minimum atomic E-state index is -0.387. The normalized spacial score (nSPS) is 22.2. The summed E-state index contributed by atoms with van der Waals surface area (Å²) < 4.78 is 0. The maximum Gasteiger partial charge on any atom is 0.223 e. The molecule has 0 spiro atoms. The van der Waals surface area contributed by atoms with E-state index in [4.69, 9.17) is 0 Å². The van der Waals surface area contributed by atoms with E-state index in [1.165, 1.54) is 0 Å². The molecular formula is C14H20N2O2. The predicted molar refractivity (Wildman–Crippen MR) is 69.0 cm³/mol. The molecule has 2 heterocycles. The number of pyridine rings is 1. The van der Waals surface area contributed by atoms with Crippen molar-refractivity contribution in [2.45, 2.75) is 44.8 Å². The van der Waals surface area contributed by atoms with Crippen LogP contribution >= 0.6 is 0 Å². The van der Waals surface area contributed by atoms with Crippen LogP contribution in [0.5, 0.6) is 0 Å². The van der Waals surface area contributed by atoms with E-state index in [1.807, 2.05) is 26.0 Å². The highest BCUT2D eigenvalue weighted by atomic mass is 16.3. The molecule has 0 radical (unpaired) electrons. The molecule has 0 saturated carbocycles. The second-order valence-corrected chi connectivity index (χ2v) is 5.54. The van der Waals surface area contributed by atoms with Gasteiger partial charge in [0.05, 0.1) is 6.10 Å². The molecule has 98 valence electrons. The third-order valence-corrected chi connectivity index (χ3v) is 3.51. The zero-order valence-corrected chi connectivity index (χ0v) is 11.0. The van der Waals surface area contributed by atoms with Gasteiger partial charge in [0.1, 0.15) is 0 Å². The third-order valence-electron chi connectivity index (χ3n) is 3.51. The molecule has 2 rings (SSSR count). The Labute approximate surface area is 108 Å². The van der Waals surface area contributed by atoms with Gasteiger partial charge < -0.3 is 10.0 Å². The Balaban J connectivity index is 1.93. The van der Waals surface area contributed by atoms with Crippen molar-refractivity contribution in [2.75, 3.05) is 6.54 Å². The van der Waals surface area contributed by atoms with Crippen LogP contribution in [0.25, 0.3) is 0 Å². The predicted octanol–water partition coefficient (Wildman–Crippen LogP) is 1.39. The maximum atomic E-state index is 12.2. The summed E-state index contributed by atoms with van der Waals surface area (Å²) in [5.74, 6) is 0.111.